The van der Waals surface area contributed by atoms with Crippen molar-refractivity contribution >= 4 is 11.9 Å². The molecule has 30 heavy (non-hydrogen) atoms. The molecule has 0 saturated heterocycles. The Morgan fingerprint density at radius 2 is 1.00 bits per heavy atom. The first kappa shape index (κ1) is 22.7. The first-order chi connectivity index (χ1) is 14.6. The van der Waals surface area contributed by atoms with E-state index in [1.807, 2.05) is 48.5 Å². The van der Waals surface area contributed by atoms with Crippen LogP contribution in [0.4, 0.5) is 0 Å². The molecule has 0 aliphatic heterocycles. The van der Waals surface area contributed by atoms with Crippen LogP contribution in [0.1, 0.15) is 12.8 Å². The van der Waals surface area contributed by atoms with E-state index in [-0.39, 0.29) is 0 Å². The second kappa shape index (κ2) is 12.8. The molecule has 2 rings (SSSR count). The molecule has 0 amide bonds. The number of esters is 2. The van der Waals surface area contributed by atoms with Crippen LogP contribution < -0.4 is 9.47 Å². The van der Waals surface area contributed by atoms with Gasteiger partial charge in [-0.15, -0.1) is 0 Å². The molecule has 0 N–H and O–H groups in total. The summed E-state index contributed by atoms with van der Waals surface area (Å²) in [5, 5.41) is 0. The van der Waals surface area contributed by atoms with Gasteiger partial charge in [0.1, 0.15) is 11.5 Å². The molecule has 0 spiro atoms. The molecule has 0 heterocycles. The highest BCUT2D eigenvalue weighted by molar-refractivity contribution is 5.81. The summed E-state index contributed by atoms with van der Waals surface area (Å²) < 4.78 is 21.1. The van der Waals surface area contributed by atoms with E-state index in [9.17, 15) is 9.59 Å². The Hall–Kier alpha value is -3.54. The highest BCUT2D eigenvalue weighted by atomic mass is 16.5. The van der Waals surface area contributed by atoms with Crippen LogP contribution >= 0.6 is 0 Å². The van der Waals surface area contributed by atoms with Crippen LogP contribution in [-0.2, 0) is 19.1 Å². The van der Waals surface area contributed by atoms with Crippen molar-refractivity contribution in [3.63, 3.8) is 0 Å². The van der Waals surface area contributed by atoms with Gasteiger partial charge in [-0.2, -0.15) is 0 Å². The summed E-state index contributed by atoms with van der Waals surface area (Å²) in [4.78, 5) is 21.9. The monoisotopic (exact) mass is 410 g/mol. The van der Waals surface area contributed by atoms with Crippen LogP contribution in [0.15, 0.2) is 73.8 Å². The van der Waals surface area contributed by atoms with Crippen molar-refractivity contribution in [2.24, 2.45) is 0 Å². The zero-order valence-electron chi connectivity index (χ0n) is 16.9. The fourth-order valence-corrected chi connectivity index (χ4v) is 2.45. The number of carbonyl (C=O) groups is 2. The Morgan fingerprint density at radius 1 is 0.633 bits per heavy atom. The van der Waals surface area contributed by atoms with Crippen molar-refractivity contribution in [1.82, 2.24) is 0 Å². The second-order valence-electron chi connectivity index (χ2n) is 6.20. The molecule has 0 unspecified atom stereocenters. The minimum Gasteiger partial charge on any atom is -0.493 e. The van der Waals surface area contributed by atoms with Gasteiger partial charge in [0.25, 0.3) is 0 Å². The summed E-state index contributed by atoms with van der Waals surface area (Å²) >= 11 is 0. The molecule has 0 aliphatic carbocycles. The molecular weight excluding hydrogens is 384 g/mol. The Labute approximate surface area is 176 Å². The number of hydrogen-bond acceptors (Lipinski definition) is 6. The topological polar surface area (TPSA) is 71.1 Å². The van der Waals surface area contributed by atoms with Gasteiger partial charge in [-0.05, 0) is 35.4 Å². The first-order valence-electron chi connectivity index (χ1n) is 9.67. The van der Waals surface area contributed by atoms with E-state index >= 15 is 0 Å². The van der Waals surface area contributed by atoms with Crippen LogP contribution in [0.25, 0.3) is 11.1 Å². The number of ether oxygens (including phenoxy) is 4. The second-order valence-corrected chi connectivity index (χ2v) is 6.20. The van der Waals surface area contributed by atoms with E-state index in [0.29, 0.717) is 39.3 Å². The smallest absolute Gasteiger partial charge is 0.330 e. The number of benzene rings is 2. The van der Waals surface area contributed by atoms with Crippen LogP contribution in [0.3, 0.4) is 0 Å². The minimum absolute atomic E-state index is 0.303. The Balaban J connectivity index is 1.72. The van der Waals surface area contributed by atoms with Crippen molar-refractivity contribution < 1.29 is 28.5 Å². The predicted molar refractivity (Wildman–Crippen MR) is 114 cm³/mol. The van der Waals surface area contributed by atoms with Gasteiger partial charge in [0.15, 0.2) is 0 Å². The molecule has 6 nitrogen and oxygen atoms in total. The van der Waals surface area contributed by atoms with Crippen molar-refractivity contribution in [2.75, 3.05) is 26.4 Å². The van der Waals surface area contributed by atoms with E-state index in [1.165, 1.54) is 0 Å². The highest BCUT2D eigenvalue weighted by Gasteiger charge is 2.02. The molecule has 2 aromatic carbocycles. The number of rotatable bonds is 13. The molecule has 6 heteroatoms. The van der Waals surface area contributed by atoms with Crippen LogP contribution in [0.5, 0.6) is 11.5 Å². The van der Waals surface area contributed by atoms with Gasteiger partial charge >= 0.3 is 11.9 Å². The molecule has 2 aromatic rings. The van der Waals surface area contributed by atoms with E-state index in [2.05, 4.69) is 13.2 Å². The zero-order chi connectivity index (χ0) is 21.6. The fourth-order valence-electron chi connectivity index (χ4n) is 2.45. The molecule has 0 fully saturated rings. The quantitative estimate of drug-likeness (QED) is 0.278. The predicted octanol–water partition coefficient (Wildman–Crippen LogP) is 4.35. The van der Waals surface area contributed by atoms with Gasteiger partial charge in [-0.1, -0.05) is 37.4 Å². The molecule has 0 aromatic heterocycles. The molecule has 0 radical (unpaired) electrons. The molecular formula is C24H26O6. The maximum atomic E-state index is 10.9. The lowest BCUT2D eigenvalue weighted by Gasteiger charge is -2.09. The van der Waals surface area contributed by atoms with Gasteiger partial charge in [0.05, 0.1) is 26.4 Å². The summed E-state index contributed by atoms with van der Waals surface area (Å²) in [6.07, 6.45) is 3.50. The average Bonchev–Trinajstić information content (AvgIpc) is 2.79. The lowest BCUT2D eigenvalue weighted by molar-refractivity contribution is -0.138. The molecule has 158 valence electrons. The van der Waals surface area contributed by atoms with E-state index in [4.69, 9.17) is 18.9 Å². The Morgan fingerprint density at radius 3 is 1.33 bits per heavy atom. The SMILES string of the molecule is C=CC(=O)OCCCOc1ccc(-c2ccc(OCCCOC(=O)C=C)cc2)cc1. The summed E-state index contributed by atoms with van der Waals surface area (Å²) in [7, 11) is 0. The zero-order valence-corrected chi connectivity index (χ0v) is 16.9. The van der Waals surface area contributed by atoms with Crippen molar-refractivity contribution in [2.45, 2.75) is 12.8 Å². The van der Waals surface area contributed by atoms with Gasteiger partial charge in [-0.25, -0.2) is 9.59 Å². The maximum absolute atomic E-state index is 10.9. The van der Waals surface area contributed by atoms with Gasteiger partial charge < -0.3 is 18.9 Å². The number of hydrogen-bond donors (Lipinski definition) is 0. The molecule has 0 bridgehead atoms. The molecule has 0 atom stereocenters. The van der Waals surface area contributed by atoms with Crippen LogP contribution in [0, 0.1) is 0 Å². The van der Waals surface area contributed by atoms with Crippen molar-refractivity contribution in [1.29, 1.82) is 0 Å². The molecule has 0 saturated carbocycles. The normalized spacial score (nSPS) is 10.0. The summed E-state index contributed by atoms with van der Waals surface area (Å²) in [6, 6.07) is 15.5. The summed E-state index contributed by atoms with van der Waals surface area (Å²) in [5.74, 6) is 0.659. The van der Waals surface area contributed by atoms with Gasteiger partial charge in [0, 0.05) is 25.0 Å². The minimum atomic E-state index is -0.426. The van der Waals surface area contributed by atoms with Gasteiger partial charge in [0.2, 0.25) is 0 Å². The third kappa shape index (κ3) is 8.22. The maximum Gasteiger partial charge on any atom is 0.330 e. The lowest BCUT2D eigenvalue weighted by Crippen LogP contribution is -2.06. The van der Waals surface area contributed by atoms with Crippen molar-refractivity contribution in [3.05, 3.63) is 73.8 Å². The van der Waals surface area contributed by atoms with E-state index in [0.717, 1.165) is 34.8 Å². The fraction of sp³-hybridized carbons (Fsp3) is 0.250. The third-order valence-corrected chi connectivity index (χ3v) is 3.98. The average molecular weight is 410 g/mol. The van der Waals surface area contributed by atoms with E-state index < -0.39 is 11.9 Å². The van der Waals surface area contributed by atoms with Crippen LogP contribution in [0.2, 0.25) is 0 Å². The lowest BCUT2D eigenvalue weighted by atomic mass is 10.1. The Bertz CT molecular complexity index is 752. The Kier molecular flexibility index (Phi) is 9.73. The summed E-state index contributed by atoms with van der Waals surface area (Å²) in [6.45, 7) is 8.21. The third-order valence-electron chi connectivity index (χ3n) is 3.98. The largest absolute Gasteiger partial charge is 0.493 e. The van der Waals surface area contributed by atoms with Gasteiger partial charge in [-0.3, -0.25) is 0 Å². The standard InChI is InChI=1S/C24H26O6/c1-3-23(25)29-17-5-15-27-21-11-7-19(8-12-21)20-9-13-22(14-10-20)28-16-6-18-30-24(26)4-2/h3-4,7-14H,1-2,5-6,15-18H2. The van der Waals surface area contributed by atoms with Crippen molar-refractivity contribution in [3.8, 4) is 22.6 Å². The first-order valence-corrected chi connectivity index (χ1v) is 9.67. The van der Waals surface area contributed by atoms with Crippen LogP contribution in [-0.4, -0.2) is 38.4 Å². The highest BCUT2D eigenvalue weighted by Crippen LogP contribution is 2.24. The number of carbonyl (C=O) groups excluding carboxylic acids is 2. The molecule has 0 aliphatic rings. The van der Waals surface area contributed by atoms with E-state index in [1.54, 1.807) is 0 Å². The summed E-state index contributed by atoms with van der Waals surface area (Å²) in [5.41, 5.74) is 2.12.